The molecule has 1 aromatic heterocycles. The smallest absolute Gasteiger partial charge is 0.223 e. The van der Waals surface area contributed by atoms with Crippen LogP contribution >= 0.6 is 0 Å². The number of carbonyl (C=O) groups excluding carboxylic acids is 1. The van der Waals surface area contributed by atoms with Gasteiger partial charge in [-0.05, 0) is 19.1 Å². The molecule has 0 radical (unpaired) electrons. The van der Waals surface area contributed by atoms with Crippen molar-refractivity contribution >= 4 is 5.91 Å². The second-order valence-corrected chi connectivity index (χ2v) is 3.67. The Hall–Kier alpha value is -1.62. The molecule has 0 aliphatic rings. The first kappa shape index (κ1) is 12.4. The van der Waals surface area contributed by atoms with E-state index in [2.05, 4.69) is 4.98 Å². The van der Waals surface area contributed by atoms with Crippen molar-refractivity contribution in [2.75, 3.05) is 6.61 Å². The lowest BCUT2D eigenvalue weighted by molar-refractivity contribution is -0.122. The molecule has 0 aromatic carbocycles. The summed E-state index contributed by atoms with van der Waals surface area (Å²) in [5.41, 5.74) is 6.38. The van der Waals surface area contributed by atoms with E-state index in [4.69, 9.17) is 15.6 Å². The van der Waals surface area contributed by atoms with E-state index in [1.54, 1.807) is 19.1 Å². The molecule has 1 atom stereocenters. The minimum Gasteiger partial charge on any atom is -0.491 e. The number of pyridine rings is 1. The Balaban J connectivity index is 2.70. The highest BCUT2D eigenvalue weighted by Gasteiger charge is 2.11. The molecule has 1 heterocycles. The number of hydrogen-bond acceptors (Lipinski definition) is 4. The lowest BCUT2D eigenvalue weighted by atomic mass is 10.2. The number of nitrogens with two attached hydrogens (primary N) is 1. The van der Waals surface area contributed by atoms with Gasteiger partial charge in [-0.1, -0.05) is 6.92 Å². The molecule has 1 rings (SSSR count). The summed E-state index contributed by atoms with van der Waals surface area (Å²) < 4.78 is 5.38. The molecule has 0 saturated carbocycles. The molecule has 0 bridgehead atoms. The van der Waals surface area contributed by atoms with Gasteiger partial charge in [0.1, 0.15) is 11.4 Å². The monoisotopic (exact) mass is 224 g/mol. The van der Waals surface area contributed by atoms with Gasteiger partial charge in [-0.25, -0.2) is 0 Å². The van der Waals surface area contributed by atoms with Gasteiger partial charge in [-0.15, -0.1) is 0 Å². The Morgan fingerprint density at radius 2 is 2.31 bits per heavy atom. The predicted molar refractivity (Wildman–Crippen MR) is 58.8 cm³/mol. The molecule has 1 unspecified atom stereocenters. The van der Waals surface area contributed by atoms with Crippen molar-refractivity contribution in [2.24, 2.45) is 11.7 Å². The van der Waals surface area contributed by atoms with Crippen LogP contribution in [0.15, 0.2) is 12.1 Å². The summed E-state index contributed by atoms with van der Waals surface area (Å²) in [7, 11) is 0. The van der Waals surface area contributed by atoms with Crippen molar-refractivity contribution in [1.82, 2.24) is 4.98 Å². The van der Waals surface area contributed by atoms with Gasteiger partial charge in [0, 0.05) is 5.69 Å². The number of nitrogens with zero attached hydrogens (tertiary/aromatic N) is 1. The van der Waals surface area contributed by atoms with Gasteiger partial charge in [0.05, 0.1) is 19.1 Å². The molecular formula is C11H16N2O3. The van der Waals surface area contributed by atoms with Gasteiger partial charge >= 0.3 is 0 Å². The van der Waals surface area contributed by atoms with E-state index in [0.717, 1.165) is 5.69 Å². The van der Waals surface area contributed by atoms with Crippen LogP contribution in [-0.4, -0.2) is 22.6 Å². The lowest BCUT2D eigenvalue weighted by Gasteiger charge is -2.12. The van der Waals surface area contributed by atoms with Crippen LogP contribution < -0.4 is 10.5 Å². The quantitative estimate of drug-likeness (QED) is 0.757. The second-order valence-electron chi connectivity index (χ2n) is 3.67. The second kappa shape index (κ2) is 5.46. The van der Waals surface area contributed by atoms with E-state index < -0.39 is 5.91 Å². The average molecular weight is 224 g/mol. The lowest BCUT2D eigenvalue weighted by Crippen LogP contribution is -2.26. The number of aliphatic hydroxyl groups is 1. The number of aryl methyl sites for hydroxylation is 1. The third-order valence-electron chi connectivity index (χ3n) is 2.20. The normalized spacial score (nSPS) is 12.2. The predicted octanol–water partition coefficient (Wildman–Crippen LogP) is 0.383. The first-order valence-corrected chi connectivity index (χ1v) is 5.04. The molecule has 0 aliphatic carbocycles. The Morgan fingerprint density at radius 3 is 2.88 bits per heavy atom. The fourth-order valence-electron chi connectivity index (χ4n) is 1.14. The van der Waals surface area contributed by atoms with Crippen LogP contribution in [0.3, 0.4) is 0 Å². The molecule has 5 nitrogen and oxygen atoms in total. The van der Waals surface area contributed by atoms with Gasteiger partial charge in [0.25, 0.3) is 0 Å². The third-order valence-corrected chi connectivity index (χ3v) is 2.20. The zero-order chi connectivity index (χ0) is 12.1. The number of amides is 1. The van der Waals surface area contributed by atoms with E-state index in [1.807, 2.05) is 6.92 Å². The van der Waals surface area contributed by atoms with Crippen LogP contribution in [0.5, 0.6) is 5.75 Å². The Kier molecular flexibility index (Phi) is 4.25. The first-order chi connectivity index (χ1) is 7.54. The Labute approximate surface area is 94.2 Å². The summed E-state index contributed by atoms with van der Waals surface area (Å²) in [6.45, 7) is 3.51. The van der Waals surface area contributed by atoms with Crippen molar-refractivity contribution in [3.05, 3.63) is 23.5 Å². The summed E-state index contributed by atoms with van der Waals surface area (Å²) in [6, 6.07) is 3.50. The molecule has 3 N–H and O–H groups in total. The van der Waals surface area contributed by atoms with E-state index in [1.165, 1.54) is 0 Å². The summed E-state index contributed by atoms with van der Waals surface area (Å²) in [5, 5.41) is 9.08. The molecule has 0 saturated heterocycles. The number of aromatic nitrogens is 1. The van der Waals surface area contributed by atoms with Crippen LogP contribution in [0.4, 0.5) is 0 Å². The Morgan fingerprint density at radius 1 is 1.62 bits per heavy atom. The maximum atomic E-state index is 10.8. The largest absolute Gasteiger partial charge is 0.491 e. The molecular weight excluding hydrogens is 208 g/mol. The fraction of sp³-hybridized carbons (Fsp3) is 0.455. The average Bonchev–Trinajstić information content (AvgIpc) is 2.26. The highest BCUT2D eigenvalue weighted by Crippen LogP contribution is 2.17. The number of primary amides is 1. The van der Waals surface area contributed by atoms with Crippen molar-refractivity contribution in [1.29, 1.82) is 0 Å². The Bertz CT molecular complexity index is 379. The zero-order valence-corrected chi connectivity index (χ0v) is 9.43. The first-order valence-electron chi connectivity index (χ1n) is 5.04. The van der Waals surface area contributed by atoms with Gasteiger partial charge in [0.2, 0.25) is 5.91 Å². The number of ether oxygens (including phenoxy) is 1. The summed E-state index contributed by atoms with van der Waals surface area (Å²) in [4.78, 5) is 14.9. The van der Waals surface area contributed by atoms with Gasteiger partial charge in [-0.3, -0.25) is 9.78 Å². The SMILES string of the molecule is Cc1ccc(OCC(C)C(N)=O)c(CO)n1. The van der Waals surface area contributed by atoms with Gasteiger partial charge in [-0.2, -0.15) is 0 Å². The maximum absolute atomic E-state index is 10.8. The number of rotatable bonds is 5. The van der Waals surface area contributed by atoms with Crippen LogP contribution in [0.2, 0.25) is 0 Å². The van der Waals surface area contributed by atoms with Crippen LogP contribution in [-0.2, 0) is 11.4 Å². The molecule has 88 valence electrons. The molecule has 5 heteroatoms. The highest BCUT2D eigenvalue weighted by molar-refractivity contribution is 5.76. The number of hydrogen-bond donors (Lipinski definition) is 2. The van der Waals surface area contributed by atoms with Crippen molar-refractivity contribution in [3.8, 4) is 5.75 Å². The van der Waals surface area contributed by atoms with Crippen LogP contribution in [0.25, 0.3) is 0 Å². The topological polar surface area (TPSA) is 85.4 Å². The number of carbonyl (C=O) groups is 1. The molecule has 0 spiro atoms. The summed E-state index contributed by atoms with van der Waals surface area (Å²) in [6.07, 6.45) is 0. The molecule has 1 aromatic rings. The summed E-state index contributed by atoms with van der Waals surface area (Å²) >= 11 is 0. The van der Waals surface area contributed by atoms with Crippen LogP contribution in [0.1, 0.15) is 18.3 Å². The van der Waals surface area contributed by atoms with E-state index in [9.17, 15) is 4.79 Å². The maximum Gasteiger partial charge on any atom is 0.223 e. The molecule has 1 amide bonds. The van der Waals surface area contributed by atoms with Gasteiger partial charge in [0.15, 0.2) is 0 Å². The molecule has 16 heavy (non-hydrogen) atoms. The summed E-state index contributed by atoms with van der Waals surface area (Å²) in [5.74, 6) is -0.292. The minimum atomic E-state index is -0.411. The van der Waals surface area contributed by atoms with E-state index in [-0.39, 0.29) is 19.1 Å². The van der Waals surface area contributed by atoms with E-state index in [0.29, 0.717) is 11.4 Å². The van der Waals surface area contributed by atoms with Crippen LogP contribution in [0, 0.1) is 12.8 Å². The van der Waals surface area contributed by atoms with E-state index >= 15 is 0 Å². The fourth-order valence-corrected chi connectivity index (χ4v) is 1.14. The zero-order valence-electron chi connectivity index (χ0n) is 9.43. The molecule has 0 fully saturated rings. The highest BCUT2D eigenvalue weighted by atomic mass is 16.5. The van der Waals surface area contributed by atoms with Crippen molar-refractivity contribution in [2.45, 2.75) is 20.5 Å². The minimum absolute atomic E-state index is 0.188. The van der Waals surface area contributed by atoms with Crippen molar-refractivity contribution < 1.29 is 14.6 Å². The third kappa shape index (κ3) is 3.20. The van der Waals surface area contributed by atoms with Gasteiger partial charge < -0.3 is 15.6 Å². The number of aliphatic hydroxyl groups excluding tert-OH is 1. The standard InChI is InChI=1S/C11H16N2O3/c1-7(11(12)15)6-16-10-4-3-8(2)13-9(10)5-14/h3-4,7,14H,5-6H2,1-2H3,(H2,12,15). The molecule has 0 aliphatic heterocycles. The van der Waals surface area contributed by atoms with Crippen molar-refractivity contribution in [3.63, 3.8) is 0 Å².